The maximum Gasteiger partial charge on any atom is 0.307 e. The zero-order valence-electron chi connectivity index (χ0n) is 10.6. The Balaban J connectivity index is 2.07. The maximum absolute atomic E-state index is 12.6. The monoisotopic (exact) mass is 304 g/mol. The maximum atomic E-state index is 12.6. The van der Waals surface area contributed by atoms with Gasteiger partial charge in [0.2, 0.25) is 0 Å². The fourth-order valence-corrected chi connectivity index (χ4v) is 4.18. The van der Waals surface area contributed by atoms with Gasteiger partial charge >= 0.3 is 5.97 Å². The number of benzene rings is 1. The van der Waals surface area contributed by atoms with E-state index in [9.17, 15) is 9.59 Å². The Labute approximate surface area is 124 Å². The lowest BCUT2D eigenvalue weighted by atomic mass is 9.97. The first-order chi connectivity index (χ1) is 9.65. The molecule has 1 aliphatic heterocycles. The van der Waals surface area contributed by atoms with Crippen LogP contribution in [-0.4, -0.2) is 22.6 Å². The van der Waals surface area contributed by atoms with Crippen LogP contribution < -0.4 is 0 Å². The van der Waals surface area contributed by atoms with E-state index in [-0.39, 0.29) is 12.2 Å². The zero-order chi connectivity index (χ0) is 14.1. The molecule has 0 bridgehead atoms. The molecule has 1 N–H and O–H groups in total. The second-order valence-corrected chi connectivity index (χ2v) is 6.53. The number of hydrogen-bond donors (Lipinski definition) is 1. The predicted molar refractivity (Wildman–Crippen MR) is 80.0 cm³/mol. The summed E-state index contributed by atoms with van der Waals surface area (Å²) in [6, 6.07) is 5.47. The molecule has 0 unspecified atom stereocenters. The summed E-state index contributed by atoms with van der Waals surface area (Å²) in [6.07, 6.45) is 0.860. The van der Waals surface area contributed by atoms with Crippen molar-refractivity contribution in [1.29, 1.82) is 0 Å². The van der Waals surface area contributed by atoms with Gasteiger partial charge in [-0.25, -0.2) is 0 Å². The standard InChI is InChI=1S/C15H12O3S2/c16-13(17)7-9-5-10-2-4-20-15(10)12(6-9)14(18)11-1-3-19-8-11/h1,3,5-6,8H,2,4,7H2,(H,16,17). The minimum absolute atomic E-state index is 0.0101. The minimum Gasteiger partial charge on any atom is -0.481 e. The molecule has 102 valence electrons. The lowest BCUT2D eigenvalue weighted by molar-refractivity contribution is -0.136. The molecule has 1 aromatic heterocycles. The molecule has 0 radical (unpaired) electrons. The van der Waals surface area contributed by atoms with Gasteiger partial charge in [0.05, 0.1) is 6.42 Å². The Hall–Kier alpha value is -1.59. The van der Waals surface area contributed by atoms with Gasteiger partial charge in [-0.1, -0.05) is 6.07 Å². The van der Waals surface area contributed by atoms with Crippen LogP contribution in [0.3, 0.4) is 0 Å². The third-order valence-electron chi connectivity index (χ3n) is 3.23. The summed E-state index contributed by atoms with van der Waals surface area (Å²) >= 11 is 3.17. The first-order valence-electron chi connectivity index (χ1n) is 6.22. The molecular formula is C15H12O3S2. The molecule has 0 spiro atoms. The minimum atomic E-state index is -0.871. The van der Waals surface area contributed by atoms with E-state index in [0.717, 1.165) is 22.6 Å². The van der Waals surface area contributed by atoms with Crippen molar-refractivity contribution in [2.75, 3.05) is 5.75 Å². The number of carboxylic acid groups (broad SMARTS) is 1. The van der Waals surface area contributed by atoms with Crippen molar-refractivity contribution >= 4 is 34.9 Å². The lowest BCUT2D eigenvalue weighted by Gasteiger charge is -2.09. The molecule has 1 aromatic carbocycles. The van der Waals surface area contributed by atoms with E-state index in [0.29, 0.717) is 16.7 Å². The summed E-state index contributed by atoms with van der Waals surface area (Å²) in [4.78, 5) is 24.5. The van der Waals surface area contributed by atoms with Gasteiger partial charge in [0.1, 0.15) is 0 Å². The highest BCUT2D eigenvalue weighted by Gasteiger charge is 2.22. The zero-order valence-corrected chi connectivity index (χ0v) is 12.2. The number of carbonyl (C=O) groups is 2. The smallest absolute Gasteiger partial charge is 0.307 e. The van der Waals surface area contributed by atoms with Crippen LogP contribution in [0.25, 0.3) is 0 Å². The van der Waals surface area contributed by atoms with Crippen molar-refractivity contribution in [1.82, 2.24) is 0 Å². The van der Waals surface area contributed by atoms with E-state index in [1.165, 1.54) is 11.3 Å². The number of thioether (sulfide) groups is 1. The normalized spacial score (nSPS) is 13.2. The number of carboxylic acids is 1. The number of ketones is 1. The van der Waals surface area contributed by atoms with Gasteiger partial charge in [-0.2, -0.15) is 11.3 Å². The Morgan fingerprint density at radius 2 is 2.15 bits per heavy atom. The van der Waals surface area contributed by atoms with Gasteiger partial charge in [0.25, 0.3) is 0 Å². The topological polar surface area (TPSA) is 54.4 Å². The predicted octanol–water partition coefficient (Wildman–Crippen LogP) is 3.25. The number of hydrogen-bond acceptors (Lipinski definition) is 4. The molecule has 0 saturated carbocycles. The van der Waals surface area contributed by atoms with Crippen molar-refractivity contribution in [3.8, 4) is 0 Å². The van der Waals surface area contributed by atoms with Crippen LogP contribution in [0.15, 0.2) is 33.9 Å². The molecule has 2 aromatic rings. The molecule has 0 fully saturated rings. The number of aryl methyl sites for hydroxylation is 1. The summed E-state index contributed by atoms with van der Waals surface area (Å²) in [5.74, 6) is 0.0733. The van der Waals surface area contributed by atoms with Crippen LogP contribution in [0.2, 0.25) is 0 Å². The first-order valence-corrected chi connectivity index (χ1v) is 8.15. The van der Waals surface area contributed by atoms with E-state index < -0.39 is 5.97 Å². The highest BCUT2D eigenvalue weighted by Crippen LogP contribution is 2.36. The number of rotatable bonds is 4. The second-order valence-electron chi connectivity index (χ2n) is 4.64. The van der Waals surface area contributed by atoms with Crippen LogP contribution in [0.4, 0.5) is 0 Å². The van der Waals surface area contributed by atoms with Gasteiger partial charge in [-0.3, -0.25) is 9.59 Å². The van der Waals surface area contributed by atoms with Crippen molar-refractivity contribution in [3.05, 3.63) is 51.2 Å². The summed E-state index contributed by atoms with van der Waals surface area (Å²) in [5.41, 5.74) is 3.14. The molecule has 0 amide bonds. The second kappa shape index (κ2) is 5.42. The molecule has 20 heavy (non-hydrogen) atoms. The summed E-state index contributed by atoms with van der Waals surface area (Å²) in [6.45, 7) is 0. The van der Waals surface area contributed by atoms with Crippen molar-refractivity contribution in [2.24, 2.45) is 0 Å². The Kier molecular flexibility index (Phi) is 3.63. The summed E-state index contributed by atoms with van der Waals surface area (Å²) in [7, 11) is 0. The van der Waals surface area contributed by atoms with Crippen LogP contribution in [0.5, 0.6) is 0 Å². The number of aliphatic carboxylic acids is 1. The van der Waals surface area contributed by atoms with Crippen LogP contribution in [-0.2, 0) is 17.6 Å². The fraction of sp³-hybridized carbons (Fsp3) is 0.200. The van der Waals surface area contributed by atoms with Gasteiger partial charge in [-0.05, 0) is 35.1 Å². The molecule has 0 aliphatic carbocycles. The average Bonchev–Trinajstić information content (AvgIpc) is 3.07. The Bertz CT molecular complexity index is 675. The molecule has 3 nitrogen and oxygen atoms in total. The summed E-state index contributed by atoms with van der Waals surface area (Å²) < 4.78 is 0. The largest absolute Gasteiger partial charge is 0.481 e. The SMILES string of the molecule is O=C(O)Cc1cc2c(c(C(=O)c3ccsc3)c1)SCC2. The number of fused-ring (bicyclic) bond motifs is 1. The fourth-order valence-electron chi connectivity index (χ4n) is 2.37. The van der Waals surface area contributed by atoms with E-state index in [1.54, 1.807) is 17.8 Å². The molecule has 3 rings (SSSR count). The Morgan fingerprint density at radius 3 is 2.85 bits per heavy atom. The van der Waals surface area contributed by atoms with Crippen LogP contribution in [0.1, 0.15) is 27.0 Å². The van der Waals surface area contributed by atoms with Crippen LogP contribution in [0, 0.1) is 0 Å². The van der Waals surface area contributed by atoms with E-state index in [2.05, 4.69) is 0 Å². The first kappa shape index (κ1) is 13.4. The van der Waals surface area contributed by atoms with E-state index in [4.69, 9.17) is 5.11 Å². The molecule has 0 atom stereocenters. The third kappa shape index (κ3) is 2.51. The van der Waals surface area contributed by atoms with Gasteiger partial charge in [0.15, 0.2) is 5.78 Å². The molecule has 2 heterocycles. The number of thiophene rings is 1. The van der Waals surface area contributed by atoms with Crippen molar-refractivity contribution in [2.45, 2.75) is 17.7 Å². The van der Waals surface area contributed by atoms with Crippen molar-refractivity contribution < 1.29 is 14.7 Å². The molecule has 5 heteroatoms. The molecular weight excluding hydrogens is 292 g/mol. The molecule has 0 saturated heterocycles. The Morgan fingerprint density at radius 1 is 1.30 bits per heavy atom. The summed E-state index contributed by atoms with van der Waals surface area (Å²) in [5, 5.41) is 12.6. The van der Waals surface area contributed by atoms with E-state index in [1.807, 2.05) is 22.9 Å². The molecule has 1 aliphatic rings. The van der Waals surface area contributed by atoms with Crippen LogP contribution >= 0.6 is 23.1 Å². The van der Waals surface area contributed by atoms with E-state index >= 15 is 0 Å². The number of carbonyl (C=O) groups excluding carboxylic acids is 1. The quantitative estimate of drug-likeness (QED) is 0.881. The van der Waals surface area contributed by atoms with Crippen molar-refractivity contribution in [3.63, 3.8) is 0 Å². The van der Waals surface area contributed by atoms with Gasteiger partial charge in [0, 0.05) is 27.2 Å². The highest BCUT2D eigenvalue weighted by atomic mass is 32.2. The lowest BCUT2D eigenvalue weighted by Crippen LogP contribution is -2.06. The van der Waals surface area contributed by atoms with Gasteiger partial charge < -0.3 is 5.11 Å². The highest BCUT2D eigenvalue weighted by molar-refractivity contribution is 7.99. The average molecular weight is 304 g/mol. The third-order valence-corrected chi connectivity index (χ3v) is 5.09. The van der Waals surface area contributed by atoms with Gasteiger partial charge in [-0.15, -0.1) is 11.8 Å².